The predicted molar refractivity (Wildman–Crippen MR) is 63.9 cm³/mol. The highest BCUT2D eigenvalue weighted by Gasteiger charge is 2.23. The Morgan fingerprint density at radius 1 is 1.50 bits per heavy atom. The van der Waals surface area contributed by atoms with Crippen molar-refractivity contribution in [3.8, 4) is 5.75 Å². The molecule has 1 aliphatic heterocycles. The van der Waals surface area contributed by atoms with E-state index in [1.54, 1.807) is 7.11 Å². The van der Waals surface area contributed by atoms with Crippen molar-refractivity contribution in [3.05, 3.63) is 29.3 Å². The second kappa shape index (κ2) is 5.32. The van der Waals surface area contributed by atoms with Crippen LogP contribution in [0.4, 0.5) is 0 Å². The van der Waals surface area contributed by atoms with Gasteiger partial charge in [0, 0.05) is 12.7 Å². The third-order valence-electron chi connectivity index (χ3n) is 2.90. The molecule has 1 unspecified atom stereocenters. The first-order valence-electron chi connectivity index (χ1n) is 5.83. The highest BCUT2D eigenvalue weighted by molar-refractivity contribution is 5.42. The zero-order valence-electron chi connectivity index (χ0n) is 9.95. The zero-order valence-corrected chi connectivity index (χ0v) is 9.95. The quantitative estimate of drug-likeness (QED) is 0.824. The lowest BCUT2D eigenvalue weighted by atomic mass is 10.0. The third kappa shape index (κ3) is 2.36. The minimum atomic E-state index is 0.350. The van der Waals surface area contributed by atoms with E-state index >= 15 is 0 Å². The molecule has 0 saturated heterocycles. The van der Waals surface area contributed by atoms with Crippen molar-refractivity contribution in [2.75, 3.05) is 26.9 Å². The molecule has 2 rings (SSSR count). The summed E-state index contributed by atoms with van der Waals surface area (Å²) in [7, 11) is 1.73. The molecule has 88 valence electrons. The first-order chi connectivity index (χ1) is 7.85. The van der Waals surface area contributed by atoms with Crippen LogP contribution in [-0.2, 0) is 11.2 Å². The molecule has 0 fully saturated rings. The Morgan fingerprint density at radius 3 is 3.12 bits per heavy atom. The van der Waals surface area contributed by atoms with Crippen LogP contribution in [0.2, 0.25) is 0 Å². The Hall–Kier alpha value is -1.06. The van der Waals surface area contributed by atoms with Gasteiger partial charge in [0.2, 0.25) is 0 Å². The van der Waals surface area contributed by atoms with Gasteiger partial charge in [-0.3, -0.25) is 0 Å². The normalized spacial score (nSPS) is 18.2. The number of nitrogens with one attached hydrogen (secondary N) is 1. The van der Waals surface area contributed by atoms with Gasteiger partial charge >= 0.3 is 0 Å². The van der Waals surface area contributed by atoms with Crippen LogP contribution in [0.1, 0.15) is 24.1 Å². The topological polar surface area (TPSA) is 30.5 Å². The van der Waals surface area contributed by atoms with E-state index in [2.05, 4.69) is 30.4 Å². The van der Waals surface area contributed by atoms with E-state index in [9.17, 15) is 0 Å². The Labute approximate surface area is 96.8 Å². The SMILES string of the molecule is CCNC1COc2ccc(CCOC)cc21. The molecule has 0 bridgehead atoms. The summed E-state index contributed by atoms with van der Waals surface area (Å²) >= 11 is 0. The molecule has 1 aromatic carbocycles. The molecular formula is C13H19NO2. The van der Waals surface area contributed by atoms with E-state index in [-0.39, 0.29) is 0 Å². The number of hydrogen-bond donors (Lipinski definition) is 1. The molecule has 0 radical (unpaired) electrons. The molecule has 0 aliphatic carbocycles. The fourth-order valence-corrected chi connectivity index (χ4v) is 2.06. The standard InChI is InChI=1S/C13H19NO2/c1-3-14-12-9-16-13-5-4-10(6-7-15-2)8-11(12)13/h4-5,8,12,14H,3,6-7,9H2,1-2H3. The van der Waals surface area contributed by atoms with Gasteiger partial charge in [0.1, 0.15) is 12.4 Å². The average molecular weight is 221 g/mol. The Kier molecular flexibility index (Phi) is 3.80. The fraction of sp³-hybridized carbons (Fsp3) is 0.538. The van der Waals surface area contributed by atoms with Crippen LogP contribution >= 0.6 is 0 Å². The second-order valence-electron chi connectivity index (χ2n) is 4.04. The van der Waals surface area contributed by atoms with Crippen LogP contribution in [0.3, 0.4) is 0 Å². The number of methoxy groups -OCH3 is 1. The van der Waals surface area contributed by atoms with Gasteiger partial charge in [0.25, 0.3) is 0 Å². The van der Waals surface area contributed by atoms with Crippen molar-refractivity contribution < 1.29 is 9.47 Å². The summed E-state index contributed by atoms with van der Waals surface area (Å²) in [4.78, 5) is 0. The molecular weight excluding hydrogens is 202 g/mol. The molecule has 3 nitrogen and oxygen atoms in total. The molecule has 1 aromatic rings. The minimum absolute atomic E-state index is 0.350. The lowest BCUT2D eigenvalue weighted by molar-refractivity contribution is 0.202. The van der Waals surface area contributed by atoms with Gasteiger partial charge in [-0.05, 0) is 24.6 Å². The highest BCUT2D eigenvalue weighted by Crippen LogP contribution is 2.32. The molecule has 0 aromatic heterocycles. The second-order valence-corrected chi connectivity index (χ2v) is 4.04. The molecule has 0 saturated carbocycles. The maximum atomic E-state index is 5.63. The number of likely N-dealkylation sites (N-methyl/N-ethyl adjacent to an activating group) is 1. The molecule has 16 heavy (non-hydrogen) atoms. The van der Waals surface area contributed by atoms with Crippen LogP contribution in [-0.4, -0.2) is 26.9 Å². The molecule has 1 atom stereocenters. The Bertz CT molecular complexity index is 350. The van der Waals surface area contributed by atoms with Crippen molar-refractivity contribution in [1.82, 2.24) is 5.32 Å². The van der Waals surface area contributed by atoms with E-state index in [1.807, 2.05) is 0 Å². The van der Waals surface area contributed by atoms with Crippen LogP contribution < -0.4 is 10.1 Å². The molecule has 3 heteroatoms. The molecule has 0 spiro atoms. The maximum absolute atomic E-state index is 5.63. The van der Waals surface area contributed by atoms with Crippen LogP contribution in [0.5, 0.6) is 5.75 Å². The van der Waals surface area contributed by atoms with Gasteiger partial charge in [-0.25, -0.2) is 0 Å². The first-order valence-corrected chi connectivity index (χ1v) is 5.83. The molecule has 1 heterocycles. The van der Waals surface area contributed by atoms with E-state index in [4.69, 9.17) is 9.47 Å². The van der Waals surface area contributed by atoms with E-state index in [0.29, 0.717) is 6.04 Å². The molecule has 1 aliphatic rings. The van der Waals surface area contributed by atoms with Crippen molar-refractivity contribution >= 4 is 0 Å². The van der Waals surface area contributed by atoms with Gasteiger partial charge in [-0.1, -0.05) is 19.1 Å². The summed E-state index contributed by atoms with van der Waals surface area (Å²) in [5.74, 6) is 1.02. The lowest BCUT2D eigenvalue weighted by Gasteiger charge is -2.10. The summed E-state index contributed by atoms with van der Waals surface area (Å²) in [6.07, 6.45) is 0.961. The molecule has 1 N–H and O–H groups in total. The summed E-state index contributed by atoms with van der Waals surface area (Å²) in [5.41, 5.74) is 2.60. The average Bonchev–Trinajstić information content (AvgIpc) is 2.70. The fourth-order valence-electron chi connectivity index (χ4n) is 2.06. The van der Waals surface area contributed by atoms with Crippen molar-refractivity contribution in [2.45, 2.75) is 19.4 Å². The number of ether oxygens (including phenoxy) is 2. The largest absolute Gasteiger partial charge is 0.491 e. The predicted octanol–water partition coefficient (Wildman–Crippen LogP) is 1.92. The maximum Gasteiger partial charge on any atom is 0.124 e. The van der Waals surface area contributed by atoms with Crippen molar-refractivity contribution in [2.24, 2.45) is 0 Å². The third-order valence-corrected chi connectivity index (χ3v) is 2.90. The first kappa shape index (κ1) is 11.4. The van der Waals surface area contributed by atoms with E-state index < -0.39 is 0 Å². The van der Waals surface area contributed by atoms with Gasteiger partial charge in [0.15, 0.2) is 0 Å². The van der Waals surface area contributed by atoms with Crippen LogP contribution in [0.25, 0.3) is 0 Å². The van der Waals surface area contributed by atoms with Crippen LogP contribution in [0.15, 0.2) is 18.2 Å². The number of fused-ring (bicyclic) bond motifs is 1. The van der Waals surface area contributed by atoms with Gasteiger partial charge in [0.05, 0.1) is 12.6 Å². The van der Waals surface area contributed by atoms with E-state index in [1.165, 1.54) is 11.1 Å². The van der Waals surface area contributed by atoms with Crippen molar-refractivity contribution in [3.63, 3.8) is 0 Å². The number of hydrogen-bond acceptors (Lipinski definition) is 3. The summed E-state index contributed by atoms with van der Waals surface area (Å²) in [6.45, 7) is 4.60. The summed E-state index contributed by atoms with van der Waals surface area (Å²) in [6, 6.07) is 6.76. The van der Waals surface area contributed by atoms with Gasteiger partial charge < -0.3 is 14.8 Å². The lowest BCUT2D eigenvalue weighted by Crippen LogP contribution is -2.21. The number of rotatable bonds is 5. The summed E-state index contributed by atoms with van der Waals surface area (Å²) < 4.78 is 10.7. The van der Waals surface area contributed by atoms with Crippen LogP contribution in [0, 0.1) is 0 Å². The van der Waals surface area contributed by atoms with Gasteiger partial charge in [-0.2, -0.15) is 0 Å². The monoisotopic (exact) mass is 221 g/mol. The van der Waals surface area contributed by atoms with Gasteiger partial charge in [-0.15, -0.1) is 0 Å². The van der Waals surface area contributed by atoms with Crippen molar-refractivity contribution in [1.29, 1.82) is 0 Å². The van der Waals surface area contributed by atoms with E-state index in [0.717, 1.165) is 31.9 Å². The summed E-state index contributed by atoms with van der Waals surface area (Å²) in [5, 5.41) is 3.43. The number of benzene rings is 1. The highest BCUT2D eigenvalue weighted by atomic mass is 16.5. The Balaban J connectivity index is 2.13. The molecule has 0 amide bonds. The Morgan fingerprint density at radius 2 is 2.38 bits per heavy atom. The zero-order chi connectivity index (χ0) is 11.4. The minimum Gasteiger partial charge on any atom is -0.491 e. The smallest absolute Gasteiger partial charge is 0.124 e.